The van der Waals surface area contributed by atoms with Crippen molar-refractivity contribution in [2.24, 2.45) is 0 Å². The van der Waals surface area contributed by atoms with Crippen LogP contribution in [0, 0.1) is 0 Å². The quantitative estimate of drug-likeness (QED) is 0.599. The molecule has 0 aliphatic carbocycles. The van der Waals surface area contributed by atoms with Crippen LogP contribution in [0.15, 0.2) is 59.4 Å². The number of thiophene rings is 1. The largest absolute Gasteiger partial charge is 0.487 e. The highest BCUT2D eigenvalue weighted by atomic mass is 32.1. The second kappa shape index (κ2) is 9.62. The molecule has 1 saturated heterocycles. The normalized spacial score (nSPS) is 14.7. The minimum Gasteiger partial charge on any atom is -0.487 e. The molecule has 0 saturated carbocycles. The second-order valence-electron chi connectivity index (χ2n) is 7.06. The van der Waals surface area contributed by atoms with E-state index >= 15 is 0 Å². The van der Waals surface area contributed by atoms with Gasteiger partial charge in [-0.3, -0.25) is 9.69 Å². The lowest BCUT2D eigenvalue weighted by Crippen LogP contribution is -2.48. The molecule has 3 aromatic rings. The summed E-state index contributed by atoms with van der Waals surface area (Å²) >= 11 is 1.69. The first-order valence-electron chi connectivity index (χ1n) is 9.91. The molecule has 0 unspecified atom stereocenters. The number of ether oxygens (including phenoxy) is 1. The Morgan fingerprint density at radius 1 is 1.10 bits per heavy atom. The highest BCUT2D eigenvalue weighted by Crippen LogP contribution is 2.29. The van der Waals surface area contributed by atoms with Crippen molar-refractivity contribution in [3.05, 3.63) is 70.7 Å². The number of benzene rings is 1. The van der Waals surface area contributed by atoms with Crippen LogP contribution in [0.25, 0.3) is 0 Å². The van der Waals surface area contributed by atoms with Crippen LogP contribution in [0.1, 0.15) is 16.1 Å². The predicted molar refractivity (Wildman–Crippen MR) is 117 cm³/mol. The first kappa shape index (κ1) is 19.5. The van der Waals surface area contributed by atoms with Gasteiger partial charge >= 0.3 is 0 Å². The number of aromatic amines is 1. The van der Waals surface area contributed by atoms with Gasteiger partial charge in [-0.1, -0.05) is 12.1 Å². The third-order valence-corrected chi connectivity index (χ3v) is 5.84. The number of nitrogens with zero attached hydrogens (tertiary/aromatic N) is 2. The van der Waals surface area contributed by atoms with Crippen LogP contribution in [-0.2, 0) is 6.61 Å². The first-order valence-corrected chi connectivity index (χ1v) is 10.9. The van der Waals surface area contributed by atoms with E-state index in [1.807, 2.05) is 18.2 Å². The molecule has 1 fully saturated rings. The number of carbonyl (C=O) groups is 1. The SMILES string of the molecule is O=C(NCCN1CCN(c2ccccc2OCc2ccsc2)CC1)c1ccc[nH]1. The van der Waals surface area contributed by atoms with Crippen molar-refractivity contribution in [1.82, 2.24) is 15.2 Å². The fourth-order valence-electron chi connectivity index (χ4n) is 3.48. The predicted octanol–water partition coefficient (Wildman–Crippen LogP) is 3.21. The van der Waals surface area contributed by atoms with E-state index < -0.39 is 0 Å². The molecule has 2 aromatic heterocycles. The fourth-order valence-corrected chi connectivity index (χ4v) is 4.14. The Balaban J connectivity index is 1.24. The lowest BCUT2D eigenvalue weighted by molar-refractivity contribution is 0.0943. The molecule has 0 bridgehead atoms. The minimum absolute atomic E-state index is 0.0506. The van der Waals surface area contributed by atoms with Crippen molar-refractivity contribution >= 4 is 22.9 Å². The minimum atomic E-state index is -0.0506. The molecule has 1 aliphatic rings. The summed E-state index contributed by atoms with van der Waals surface area (Å²) in [6.07, 6.45) is 1.76. The van der Waals surface area contributed by atoms with E-state index in [4.69, 9.17) is 4.74 Å². The van der Waals surface area contributed by atoms with Gasteiger partial charge in [0, 0.05) is 45.5 Å². The van der Waals surface area contributed by atoms with E-state index in [9.17, 15) is 4.79 Å². The van der Waals surface area contributed by atoms with Crippen molar-refractivity contribution in [3.63, 3.8) is 0 Å². The second-order valence-corrected chi connectivity index (χ2v) is 7.84. The number of aromatic nitrogens is 1. The number of hydrogen-bond acceptors (Lipinski definition) is 5. The highest BCUT2D eigenvalue weighted by Gasteiger charge is 2.19. The molecule has 0 spiro atoms. The van der Waals surface area contributed by atoms with Crippen LogP contribution in [0.4, 0.5) is 5.69 Å². The van der Waals surface area contributed by atoms with Crippen LogP contribution in [0.2, 0.25) is 0 Å². The van der Waals surface area contributed by atoms with Crippen LogP contribution in [0.5, 0.6) is 5.75 Å². The summed E-state index contributed by atoms with van der Waals surface area (Å²) < 4.78 is 6.09. The monoisotopic (exact) mass is 410 g/mol. The van der Waals surface area contributed by atoms with E-state index in [2.05, 4.69) is 49.1 Å². The number of rotatable bonds is 8. The van der Waals surface area contributed by atoms with Gasteiger partial charge in [-0.05, 0) is 46.7 Å². The third-order valence-electron chi connectivity index (χ3n) is 5.11. The van der Waals surface area contributed by atoms with Gasteiger partial charge in [-0.2, -0.15) is 11.3 Å². The Kier molecular flexibility index (Phi) is 6.49. The number of para-hydroxylation sites is 2. The number of anilines is 1. The maximum atomic E-state index is 12.0. The Morgan fingerprint density at radius 3 is 2.72 bits per heavy atom. The molecule has 1 aromatic carbocycles. The summed E-state index contributed by atoms with van der Waals surface area (Å²) in [5.74, 6) is 0.885. The lowest BCUT2D eigenvalue weighted by Gasteiger charge is -2.36. The van der Waals surface area contributed by atoms with E-state index in [1.54, 1.807) is 23.6 Å². The Morgan fingerprint density at radius 2 is 1.97 bits per heavy atom. The van der Waals surface area contributed by atoms with Crippen LogP contribution >= 0.6 is 11.3 Å². The Hall–Kier alpha value is -2.77. The van der Waals surface area contributed by atoms with Gasteiger partial charge in [-0.15, -0.1) is 0 Å². The molecule has 0 radical (unpaired) electrons. The van der Waals surface area contributed by atoms with Crippen LogP contribution in [0.3, 0.4) is 0 Å². The number of piperazine rings is 1. The van der Waals surface area contributed by atoms with E-state index in [0.29, 0.717) is 18.8 Å². The summed E-state index contributed by atoms with van der Waals surface area (Å²) in [5.41, 5.74) is 2.97. The van der Waals surface area contributed by atoms with Crippen molar-refractivity contribution in [2.75, 3.05) is 44.2 Å². The Bertz CT molecular complexity index is 887. The van der Waals surface area contributed by atoms with Crippen molar-refractivity contribution in [1.29, 1.82) is 0 Å². The van der Waals surface area contributed by atoms with Gasteiger partial charge in [0.2, 0.25) is 0 Å². The highest BCUT2D eigenvalue weighted by molar-refractivity contribution is 7.07. The standard InChI is InChI=1S/C22H26N4O2S/c27-22(19-4-3-8-23-19)24-9-10-25-11-13-26(14-12-25)20-5-1-2-6-21(20)28-16-18-7-15-29-17-18/h1-8,15,17,23H,9-14,16H2,(H,24,27). The summed E-state index contributed by atoms with van der Waals surface area (Å²) in [6, 6.07) is 14.0. The zero-order valence-electron chi connectivity index (χ0n) is 16.3. The molecular weight excluding hydrogens is 384 g/mol. The average Bonchev–Trinajstić information content (AvgIpc) is 3.47. The summed E-state index contributed by atoms with van der Waals surface area (Å²) in [6.45, 7) is 5.94. The maximum Gasteiger partial charge on any atom is 0.267 e. The van der Waals surface area contributed by atoms with Crippen LogP contribution in [-0.4, -0.2) is 55.1 Å². The van der Waals surface area contributed by atoms with Crippen molar-refractivity contribution < 1.29 is 9.53 Å². The van der Waals surface area contributed by atoms with Gasteiger partial charge < -0.3 is 19.9 Å². The molecule has 2 N–H and O–H groups in total. The molecule has 1 amide bonds. The van der Waals surface area contributed by atoms with E-state index in [0.717, 1.165) is 44.2 Å². The molecular formula is C22H26N4O2S. The van der Waals surface area contributed by atoms with E-state index in [-0.39, 0.29) is 5.91 Å². The number of hydrogen-bond donors (Lipinski definition) is 2. The summed E-state index contributed by atoms with van der Waals surface area (Å²) in [5, 5.41) is 7.16. The zero-order chi connectivity index (χ0) is 19.9. The van der Waals surface area contributed by atoms with Gasteiger partial charge in [-0.25, -0.2) is 0 Å². The van der Waals surface area contributed by atoms with Gasteiger partial charge in [0.15, 0.2) is 0 Å². The van der Waals surface area contributed by atoms with Crippen molar-refractivity contribution in [2.45, 2.75) is 6.61 Å². The molecule has 152 valence electrons. The molecule has 6 nitrogen and oxygen atoms in total. The van der Waals surface area contributed by atoms with Crippen LogP contribution < -0.4 is 15.0 Å². The number of nitrogens with one attached hydrogen (secondary N) is 2. The topological polar surface area (TPSA) is 60.6 Å². The van der Waals surface area contributed by atoms with Gasteiger partial charge in [0.1, 0.15) is 18.1 Å². The average molecular weight is 411 g/mol. The summed E-state index contributed by atoms with van der Waals surface area (Å²) in [4.78, 5) is 19.7. The van der Waals surface area contributed by atoms with Gasteiger partial charge in [0.05, 0.1) is 5.69 Å². The zero-order valence-corrected chi connectivity index (χ0v) is 17.2. The van der Waals surface area contributed by atoms with E-state index in [1.165, 1.54) is 5.56 Å². The molecule has 1 aliphatic heterocycles. The molecule has 3 heterocycles. The van der Waals surface area contributed by atoms with Gasteiger partial charge in [0.25, 0.3) is 5.91 Å². The number of H-pyrrole nitrogens is 1. The lowest BCUT2D eigenvalue weighted by atomic mass is 10.2. The summed E-state index contributed by atoms with van der Waals surface area (Å²) in [7, 11) is 0. The van der Waals surface area contributed by atoms with Crippen molar-refractivity contribution in [3.8, 4) is 5.75 Å². The molecule has 29 heavy (non-hydrogen) atoms. The fraction of sp³-hybridized carbons (Fsp3) is 0.318. The Labute approximate surface area is 175 Å². The molecule has 7 heteroatoms. The molecule has 4 rings (SSSR count). The maximum absolute atomic E-state index is 12.0. The molecule has 0 atom stereocenters. The number of carbonyl (C=O) groups excluding carboxylic acids is 1. The third kappa shape index (κ3) is 5.19. The number of amides is 1. The smallest absolute Gasteiger partial charge is 0.267 e. The first-order chi connectivity index (χ1) is 14.3.